The molecule has 0 atom stereocenters. The van der Waals surface area contributed by atoms with Crippen LogP contribution in [0.25, 0.3) is 0 Å². The van der Waals surface area contributed by atoms with Crippen molar-refractivity contribution in [2.24, 2.45) is 5.41 Å². The fourth-order valence-corrected chi connectivity index (χ4v) is 2.08. The first-order chi connectivity index (χ1) is 12.4. The van der Waals surface area contributed by atoms with Crippen LogP contribution >= 0.6 is 0 Å². The van der Waals surface area contributed by atoms with Crippen LogP contribution in [0.5, 0.6) is 0 Å². The lowest BCUT2D eigenvalue weighted by Crippen LogP contribution is -2.27. The van der Waals surface area contributed by atoms with E-state index in [2.05, 4.69) is 21.1 Å². The largest absolute Gasteiger partial charge is 0.376 e. The van der Waals surface area contributed by atoms with Crippen molar-refractivity contribution in [2.45, 2.75) is 47.0 Å². The first-order valence-corrected chi connectivity index (χ1v) is 8.87. The standard InChI is InChI=1S/C20H28N4O3/c1-19(2,3)15-11-17(27-24-15)23-16(25)12-21-13-8-7-9-14(10-13)22-18(26)20(4,5)6/h7-11,21H,12H2,1-6H3,(H,22,26)(H,23,25). The third-order valence-corrected chi connectivity index (χ3v) is 3.80. The second-order valence-electron chi connectivity index (χ2n) is 8.51. The van der Waals surface area contributed by atoms with Crippen LogP contribution in [-0.2, 0) is 15.0 Å². The zero-order valence-electron chi connectivity index (χ0n) is 16.8. The van der Waals surface area contributed by atoms with Crippen molar-refractivity contribution in [1.29, 1.82) is 0 Å². The van der Waals surface area contributed by atoms with Gasteiger partial charge in [0, 0.05) is 28.3 Å². The molecule has 0 aliphatic rings. The second-order valence-corrected chi connectivity index (χ2v) is 8.51. The topological polar surface area (TPSA) is 96.3 Å². The van der Waals surface area contributed by atoms with Gasteiger partial charge in [-0.25, -0.2) is 0 Å². The molecule has 2 amide bonds. The summed E-state index contributed by atoms with van der Waals surface area (Å²) in [6.45, 7) is 11.7. The quantitative estimate of drug-likeness (QED) is 0.737. The Morgan fingerprint density at radius 3 is 2.26 bits per heavy atom. The molecule has 146 valence electrons. The Morgan fingerprint density at radius 1 is 1.00 bits per heavy atom. The average molecular weight is 372 g/mol. The van der Waals surface area contributed by atoms with Gasteiger partial charge in [0.2, 0.25) is 17.7 Å². The Morgan fingerprint density at radius 2 is 1.67 bits per heavy atom. The van der Waals surface area contributed by atoms with Gasteiger partial charge in [0.25, 0.3) is 0 Å². The van der Waals surface area contributed by atoms with Crippen LogP contribution in [0.2, 0.25) is 0 Å². The molecule has 0 aliphatic heterocycles. The maximum atomic E-state index is 12.1. The minimum absolute atomic E-state index is 0.0578. The summed E-state index contributed by atoms with van der Waals surface area (Å²) in [4.78, 5) is 24.2. The smallest absolute Gasteiger partial charge is 0.246 e. The van der Waals surface area contributed by atoms with Crippen molar-refractivity contribution in [3.8, 4) is 0 Å². The molecule has 0 saturated heterocycles. The van der Waals surface area contributed by atoms with Gasteiger partial charge in [-0.2, -0.15) is 0 Å². The van der Waals surface area contributed by atoms with E-state index in [4.69, 9.17) is 4.52 Å². The molecule has 0 fully saturated rings. The van der Waals surface area contributed by atoms with Crippen molar-refractivity contribution in [1.82, 2.24) is 5.16 Å². The minimum Gasteiger partial charge on any atom is -0.376 e. The van der Waals surface area contributed by atoms with Gasteiger partial charge in [-0.1, -0.05) is 52.8 Å². The number of hydrogen-bond donors (Lipinski definition) is 3. The van der Waals surface area contributed by atoms with Gasteiger partial charge >= 0.3 is 0 Å². The Kier molecular flexibility index (Phi) is 5.93. The molecule has 0 spiro atoms. The number of nitrogens with zero attached hydrogens (tertiary/aromatic N) is 1. The summed E-state index contributed by atoms with van der Waals surface area (Å²) in [7, 11) is 0. The first kappa shape index (κ1) is 20.5. The molecule has 0 bridgehead atoms. The van der Waals surface area contributed by atoms with Gasteiger partial charge in [0.15, 0.2) is 0 Å². The Hall–Kier alpha value is -2.83. The summed E-state index contributed by atoms with van der Waals surface area (Å²) in [5.41, 5.74) is 1.54. The number of carbonyl (C=O) groups is 2. The van der Waals surface area contributed by atoms with Crippen LogP contribution in [-0.4, -0.2) is 23.5 Å². The van der Waals surface area contributed by atoms with Crippen molar-refractivity contribution < 1.29 is 14.1 Å². The molecule has 7 nitrogen and oxygen atoms in total. The number of rotatable bonds is 5. The summed E-state index contributed by atoms with van der Waals surface area (Å²) >= 11 is 0. The van der Waals surface area contributed by atoms with Crippen molar-refractivity contribution >= 4 is 29.1 Å². The maximum Gasteiger partial charge on any atom is 0.246 e. The molecular formula is C20H28N4O3. The summed E-state index contributed by atoms with van der Waals surface area (Å²) in [5, 5.41) is 12.5. The molecule has 0 radical (unpaired) electrons. The lowest BCUT2D eigenvalue weighted by molar-refractivity contribution is -0.123. The van der Waals surface area contributed by atoms with E-state index < -0.39 is 5.41 Å². The van der Waals surface area contributed by atoms with Gasteiger partial charge in [-0.05, 0) is 18.2 Å². The van der Waals surface area contributed by atoms with Crippen LogP contribution < -0.4 is 16.0 Å². The Labute approximate surface area is 159 Å². The van der Waals surface area contributed by atoms with Gasteiger partial charge in [-0.15, -0.1) is 0 Å². The van der Waals surface area contributed by atoms with Crippen molar-refractivity contribution in [3.63, 3.8) is 0 Å². The van der Waals surface area contributed by atoms with E-state index >= 15 is 0 Å². The molecule has 0 saturated carbocycles. The summed E-state index contributed by atoms with van der Waals surface area (Å²) in [5.74, 6) is -0.00831. The van der Waals surface area contributed by atoms with E-state index in [0.717, 1.165) is 11.4 Å². The van der Waals surface area contributed by atoms with Crippen LogP contribution in [0, 0.1) is 5.41 Å². The number of anilines is 3. The summed E-state index contributed by atoms with van der Waals surface area (Å²) in [6.07, 6.45) is 0. The highest BCUT2D eigenvalue weighted by Gasteiger charge is 2.21. The van der Waals surface area contributed by atoms with E-state index in [1.807, 2.05) is 53.7 Å². The lowest BCUT2D eigenvalue weighted by Gasteiger charge is -2.18. The lowest BCUT2D eigenvalue weighted by atomic mass is 9.92. The normalized spacial score (nSPS) is 11.8. The highest BCUT2D eigenvalue weighted by molar-refractivity contribution is 5.95. The SMILES string of the molecule is CC(C)(C)C(=O)Nc1cccc(NCC(=O)Nc2cc(C(C)(C)C)no2)c1. The highest BCUT2D eigenvalue weighted by atomic mass is 16.5. The molecule has 3 N–H and O–H groups in total. The minimum atomic E-state index is -0.480. The fourth-order valence-electron chi connectivity index (χ4n) is 2.08. The van der Waals surface area contributed by atoms with Crippen LogP contribution in [0.3, 0.4) is 0 Å². The van der Waals surface area contributed by atoms with Crippen molar-refractivity contribution in [2.75, 3.05) is 22.5 Å². The molecule has 1 aromatic heterocycles. The third kappa shape index (κ3) is 6.13. The fraction of sp³-hybridized carbons (Fsp3) is 0.450. The molecular weight excluding hydrogens is 344 g/mol. The highest BCUT2D eigenvalue weighted by Crippen LogP contribution is 2.23. The zero-order chi connectivity index (χ0) is 20.2. The zero-order valence-corrected chi connectivity index (χ0v) is 16.8. The van der Waals surface area contributed by atoms with E-state index in [1.165, 1.54) is 0 Å². The van der Waals surface area contributed by atoms with E-state index in [1.54, 1.807) is 18.2 Å². The monoisotopic (exact) mass is 372 g/mol. The Bertz CT molecular complexity index is 813. The molecule has 0 unspecified atom stereocenters. The maximum absolute atomic E-state index is 12.1. The predicted molar refractivity (Wildman–Crippen MR) is 107 cm³/mol. The van der Waals surface area contributed by atoms with E-state index in [0.29, 0.717) is 11.6 Å². The molecule has 2 rings (SSSR count). The number of amides is 2. The number of hydrogen-bond acceptors (Lipinski definition) is 5. The Balaban J connectivity index is 1.91. The van der Waals surface area contributed by atoms with Crippen molar-refractivity contribution in [3.05, 3.63) is 36.0 Å². The number of aromatic nitrogens is 1. The van der Waals surface area contributed by atoms with Gasteiger partial charge < -0.3 is 15.2 Å². The van der Waals surface area contributed by atoms with E-state index in [-0.39, 0.29) is 23.8 Å². The van der Waals surface area contributed by atoms with Crippen LogP contribution in [0.1, 0.15) is 47.2 Å². The van der Waals surface area contributed by atoms with Gasteiger partial charge in [-0.3, -0.25) is 14.9 Å². The first-order valence-electron chi connectivity index (χ1n) is 8.87. The molecule has 1 aromatic carbocycles. The van der Waals surface area contributed by atoms with Crippen LogP contribution in [0.15, 0.2) is 34.9 Å². The molecule has 7 heteroatoms. The average Bonchev–Trinajstić information content (AvgIpc) is 3.01. The molecule has 1 heterocycles. The van der Waals surface area contributed by atoms with Gasteiger partial charge in [0.1, 0.15) is 0 Å². The predicted octanol–water partition coefficient (Wildman–Crippen LogP) is 4.01. The molecule has 2 aromatic rings. The third-order valence-electron chi connectivity index (χ3n) is 3.80. The van der Waals surface area contributed by atoms with E-state index in [9.17, 15) is 9.59 Å². The number of carbonyl (C=O) groups excluding carboxylic acids is 2. The number of nitrogens with one attached hydrogen (secondary N) is 3. The second kappa shape index (κ2) is 7.82. The number of benzene rings is 1. The molecule has 27 heavy (non-hydrogen) atoms. The van der Waals surface area contributed by atoms with Crippen LogP contribution in [0.4, 0.5) is 17.3 Å². The summed E-state index contributed by atoms with van der Waals surface area (Å²) in [6, 6.07) is 8.94. The summed E-state index contributed by atoms with van der Waals surface area (Å²) < 4.78 is 5.15. The molecule has 0 aliphatic carbocycles. The van der Waals surface area contributed by atoms with Gasteiger partial charge in [0.05, 0.1) is 12.2 Å².